The Morgan fingerprint density at radius 3 is 2.07 bits per heavy atom. The highest BCUT2D eigenvalue weighted by atomic mass is 19.4. The zero-order valence-electron chi connectivity index (χ0n) is 23.6. The third kappa shape index (κ3) is 6.57. The number of nitrogens with one attached hydrogen (secondary N) is 1. The van der Waals surface area contributed by atoms with Crippen LogP contribution in [0.15, 0.2) is 54.7 Å². The predicted octanol–water partition coefficient (Wildman–Crippen LogP) is 10.2. The first-order valence-electron chi connectivity index (χ1n) is 14.5. The highest BCUT2D eigenvalue weighted by Gasteiger charge is 2.37. The number of fused-ring (bicyclic) bond motifs is 1. The molecule has 1 aliphatic rings. The van der Waals surface area contributed by atoms with Gasteiger partial charge in [-0.3, -0.25) is 0 Å². The molecule has 1 saturated carbocycles. The molecule has 224 valence electrons. The summed E-state index contributed by atoms with van der Waals surface area (Å²) in [6, 6.07) is 11.7. The van der Waals surface area contributed by atoms with Crippen LogP contribution in [-0.4, -0.2) is 14.6 Å². The molecule has 10 heteroatoms. The molecule has 0 aliphatic heterocycles. The molecule has 0 amide bonds. The first-order valence-corrected chi connectivity index (χ1v) is 14.5. The van der Waals surface area contributed by atoms with Gasteiger partial charge in [0.15, 0.2) is 0 Å². The number of rotatable bonds is 8. The number of anilines is 2. The number of aryl methyl sites for hydroxylation is 1. The second-order valence-electron chi connectivity index (χ2n) is 11.2. The lowest BCUT2D eigenvalue weighted by Gasteiger charge is -2.28. The maximum atomic E-state index is 13.4. The largest absolute Gasteiger partial charge is 0.416 e. The summed E-state index contributed by atoms with van der Waals surface area (Å²) in [7, 11) is 0. The summed E-state index contributed by atoms with van der Waals surface area (Å²) in [5.74, 6) is 0.840. The third-order valence-electron chi connectivity index (χ3n) is 8.29. The summed E-state index contributed by atoms with van der Waals surface area (Å²) in [5, 5.41) is 7.21. The zero-order chi connectivity index (χ0) is 30.1. The number of nitrogens with zero attached hydrogens (tertiary/aromatic N) is 3. The molecule has 1 aliphatic carbocycles. The van der Waals surface area contributed by atoms with Crippen molar-refractivity contribution < 1.29 is 26.3 Å². The van der Waals surface area contributed by atoms with Gasteiger partial charge in [-0.25, -0.2) is 9.50 Å². The maximum Gasteiger partial charge on any atom is 0.416 e. The van der Waals surface area contributed by atoms with Gasteiger partial charge in [-0.15, -0.1) is 5.10 Å². The molecule has 2 heterocycles. The van der Waals surface area contributed by atoms with Crippen molar-refractivity contribution in [3.63, 3.8) is 0 Å². The van der Waals surface area contributed by atoms with Crippen LogP contribution in [0.5, 0.6) is 0 Å². The van der Waals surface area contributed by atoms with Crippen LogP contribution in [-0.2, 0) is 18.8 Å². The van der Waals surface area contributed by atoms with Crippen LogP contribution >= 0.6 is 0 Å². The van der Waals surface area contributed by atoms with Crippen molar-refractivity contribution in [2.24, 2.45) is 5.92 Å². The van der Waals surface area contributed by atoms with Gasteiger partial charge in [0.25, 0.3) is 0 Å². The molecule has 2 aromatic carbocycles. The smallest absolute Gasteiger partial charge is 0.323 e. The summed E-state index contributed by atoms with van der Waals surface area (Å²) in [5.41, 5.74) is 1.63. The molecule has 5 rings (SSSR count). The number of hydrogen-bond donors (Lipinski definition) is 1. The van der Waals surface area contributed by atoms with E-state index in [9.17, 15) is 26.3 Å². The van der Waals surface area contributed by atoms with Crippen molar-refractivity contribution in [2.45, 2.75) is 83.5 Å². The number of hydrogen-bond acceptors (Lipinski definition) is 3. The molecule has 1 fully saturated rings. The van der Waals surface area contributed by atoms with Crippen LogP contribution in [0.25, 0.3) is 16.6 Å². The van der Waals surface area contributed by atoms with E-state index < -0.39 is 29.2 Å². The maximum absolute atomic E-state index is 13.4. The van der Waals surface area contributed by atoms with Gasteiger partial charge in [0, 0.05) is 22.9 Å². The summed E-state index contributed by atoms with van der Waals surface area (Å²) in [4.78, 5) is 4.30. The molecule has 1 N–H and O–H groups in total. The van der Waals surface area contributed by atoms with E-state index in [1.807, 2.05) is 12.1 Å². The number of benzene rings is 2. The first kappa shape index (κ1) is 29.9. The van der Waals surface area contributed by atoms with Gasteiger partial charge in [-0.2, -0.15) is 26.3 Å². The molecule has 0 bridgehead atoms. The Kier molecular flexibility index (Phi) is 8.53. The number of halogens is 6. The minimum atomic E-state index is -4.95. The quantitative estimate of drug-likeness (QED) is 0.208. The van der Waals surface area contributed by atoms with Crippen molar-refractivity contribution in [1.29, 1.82) is 0 Å². The average Bonchev–Trinajstić information content (AvgIpc) is 3.34. The van der Waals surface area contributed by atoms with Gasteiger partial charge in [-0.05, 0) is 73.4 Å². The Hall–Kier alpha value is -3.56. The van der Waals surface area contributed by atoms with E-state index in [1.54, 1.807) is 10.7 Å². The number of aromatic nitrogens is 3. The van der Waals surface area contributed by atoms with Crippen molar-refractivity contribution in [3.05, 3.63) is 77.1 Å². The fraction of sp³-hybridized carbons (Fsp3) is 0.438. The minimum Gasteiger partial charge on any atom is -0.323 e. The Bertz CT molecular complexity index is 1480. The van der Waals surface area contributed by atoms with E-state index in [0.29, 0.717) is 18.1 Å². The van der Waals surface area contributed by atoms with Crippen LogP contribution in [0, 0.1) is 5.92 Å². The second kappa shape index (κ2) is 12.0. The molecule has 0 unspecified atom stereocenters. The first-order chi connectivity index (χ1) is 20.0. The Morgan fingerprint density at radius 2 is 1.50 bits per heavy atom. The van der Waals surface area contributed by atoms with Crippen LogP contribution in [0.4, 0.5) is 38.0 Å². The molecule has 4 nitrogen and oxygen atoms in total. The van der Waals surface area contributed by atoms with Crippen molar-refractivity contribution in [3.8, 4) is 11.1 Å². The normalized spacial score (nSPS) is 18.0. The molecule has 0 radical (unpaired) electrons. The highest BCUT2D eigenvalue weighted by molar-refractivity contribution is 5.81. The lowest BCUT2D eigenvalue weighted by molar-refractivity contribution is -0.143. The summed E-state index contributed by atoms with van der Waals surface area (Å²) >= 11 is 0. The fourth-order valence-electron chi connectivity index (χ4n) is 5.91. The van der Waals surface area contributed by atoms with E-state index in [-0.39, 0.29) is 17.9 Å². The monoisotopic (exact) mass is 588 g/mol. The topological polar surface area (TPSA) is 42.2 Å². The third-order valence-corrected chi connectivity index (χ3v) is 8.29. The van der Waals surface area contributed by atoms with Gasteiger partial charge in [0.2, 0.25) is 5.95 Å². The number of alkyl halides is 6. The van der Waals surface area contributed by atoms with Gasteiger partial charge in [0.05, 0.1) is 22.8 Å². The van der Waals surface area contributed by atoms with E-state index >= 15 is 0 Å². The van der Waals surface area contributed by atoms with Crippen LogP contribution in [0.2, 0.25) is 0 Å². The molecule has 42 heavy (non-hydrogen) atoms. The summed E-state index contributed by atoms with van der Waals surface area (Å²) < 4.78 is 82.3. The lowest BCUT2D eigenvalue weighted by atomic mass is 9.78. The van der Waals surface area contributed by atoms with Crippen LogP contribution in [0.1, 0.15) is 87.1 Å². The van der Waals surface area contributed by atoms with E-state index in [2.05, 4.69) is 47.4 Å². The molecular formula is C32H34F6N4. The van der Waals surface area contributed by atoms with E-state index in [1.165, 1.54) is 24.8 Å². The van der Waals surface area contributed by atoms with E-state index in [0.717, 1.165) is 54.4 Å². The Morgan fingerprint density at radius 1 is 0.857 bits per heavy atom. The average molecular weight is 589 g/mol. The Balaban J connectivity index is 1.54. The van der Waals surface area contributed by atoms with Crippen LogP contribution in [0.3, 0.4) is 0 Å². The zero-order valence-corrected chi connectivity index (χ0v) is 23.6. The second-order valence-corrected chi connectivity index (χ2v) is 11.2. The van der Waals surface area contributed by atoms with Crippen LogP contribution < -0.4 is 5.32 Å². The van der Waals surface area contributed by atoms with Gasteiger partial charge >= 0.3 is 12.4 Å². The minimum absolute atomic E-state index is 0.0867. The highest BCUT2D eigenvalue weighted by Crippen LogP contribution is 2.41. The lowest BCUT2D eigenvalue weighted by Crippen LogP contribution is -2.16. The summed E-state index contributed by atoms with van der Waals surface area (Å²) in [6.07, 6.45) is 0.400. The van der Waals surface area contributed by atoms with Crippen molar-refractivity contribution in [1.82, 2.24) is 14.6 Å². The molecule has 2 aromatic heterocycles. The summed E-state index contributed by atoms with van der Waals surface area (Å²) in [6.45, 7) is 4.28. The molecular weight excluding hydrogens is 554 g/mol. The van der Waals surface area contributed by atoms with Crippen molar-refractivity contribution in [2.75, 3.05) is 5.32 Å². The predicted molar refractivity (Wildman–Crippen MR) is 152 cm³/mol. The Labute approximate surface area is 241 Å². The van der Waals surface area contributed by atoms with Gasteiger partial charge in [0.1, 0.15) is 0 Å². The molecule has 4 aromatic rings. The molecule has 0 spiro atoms. The van der Waals surface area contributed by atoms with Crippen molar-refractivity contribution >= 4 is 17.2 Å². The standard InChI is InChI=1S/C32H34F6N4/c1-3-5-6-21-9-13-23(14-10-21)28-18-27(22-11-7-20(4-2)8-12-22)29-19-39-30(41-42(28)29)40-26-16-24(31(33,34)35)15-25(17-26)32(36,37)38/h7-8,11-12,15-19,21,23H,3-6,9-10,13-14H2,1-2H3,(H,40,41). The fourth-order valence-corrected chi connectivity index (χ4v) is 5.91. The SMILES string of the molecule is CCCCC1CCC(c2cc(-c3ccc(CC)cc3)c3cnc(Nc4cc(C(F)(F)F)cc(C(F)(F)F)c4)nn23)CC1. The molecule has 0 atom stereocenters. The van der Waals surface area contributed by atoms with Gasteiger partial charge in [-0.1, -0.05) is 57.4 Å². The van der Waals surface area contributed by atoms with E-state index in [4.69, 9.17) is 0 Å². The van der Waals surface area contributed by atoms with Gasteiger partial charge < -0.3 is 5.32 Å². The molecule has 0 saturated heterocycles. The number of unbranched alkanes of at least 4 members (excludes halogenated alkanes) is 1.